The Morgan fingerprint density at radius 1 is 0.667 bits per heavy atom. The number of non-ortho nitro benzene ring substituents is 2. The van der Waals surface area contributed by atoms with E-state index in [-0.39, 0.29) is 35.5 Å². The van der Waals surface area contributed by atoms with E-state index in [1.165, 1.54) is 48.5 Å². The number of nitro benzene ring substituents is 2. The molecule has 12 heteroatoms. The van der Waals surface area contributed by atoms with Crippen LogP contribution in [0.1, 0.15) is 57.8 Å². The molecule has 2 aromatic carbocycles. The number of rotatable bonds is 8. The summed E-state index contributed by atoms with van der Waals surface area (Å²) in [5.74, 6) is 1.14. The lowest BCUT2D eigenvalue weighted by atomic mass is 9.75. The van der Waals surface area contributed by atoms with Gasteiger partial charge in [0.2, 0.25) is 0 Å². The standard InChI is InChI=1S/C27H34N6O6/c34-26(29-21-8-12-24(13-9-21)32(36)37)28-20-6-4-18(5-7-20)16-19-2-1-3-23(17-19)31-27(35)30-22-10-14-25(15-11-22)33(38)39/h8-15,18-20,23H,1-7,16-17H2,(H2,28,29,34)(H2,30,31,35). The van der Waals surface area contributed by atoms with E-state index in [9.17, 15) is 29.8 Å². The maximum absolute atomic E-state index is 12.5. The summed E-state index contributed by atoms with van der Waals surface area (Å²) >= 11 is 0. The second-order valence-corrected chi connectivity index (χ2v) is 10.5. The molecular formula is C27H34N6O6. The quantitative estimate of drug-likeness (QED) is 0.239. The summed E-state index contributed by atoms with van der Waals surface area (Å²) in [5, 5.41) is 33.1. The molecule has 0 spiro atoms. The molecule has 2 fully saturated rings. The fourth-order valence-corrected chi connectivity index (χ4v) is 5.69. The van der Waals surface area contributed by atoms with Gasteiger partial charge in [0.1, 0.15) is 0 Å². The highest BCUT2D eigenvalue weighted by Crippen LogP contribution is 2.35. The van der Waals surface area contributed by atoms with Crippen molar-refractivity contribution in [2.75, 3.05) is 10.6 Å². The molecule has 2 atom stereocenters. The molecule has 4 rings (SSSR count). The molecule has 12 nitrogen and oxygen atoms in total. The van der Waals surface area contributed by atoms with E-state index in [2.05, 4.69) is 21.3 Å². The lowest BCUT2D eigenvalue weighted by molar-refractivity contribution is -0.385. The van der Waals surface area contributed by atoms with Gasteiger partial charge in [0.25, 0.3) is 11.4 Å². The van der Waals surface area contributed by atoms with E-state index in [1.54, 1.807) is 0 Å². The van der Waals surface area contributed by atoms with Gasteiger partial charge < -0.3 is 21.3 Å². The third-order valence-electron chi connectivity index (χ3n) is 7.64. The van der Waals surface area contributed by atoms with Crippen LogP contribution in [-0.2, 0) is 0 Å². The van der Waals surface area contributed by atoms with E-state index in [0.717, 1.165) is 57.8 Å². The number of nitrogens with one attached hydrogen (secondary N) is 4. The number of nitrogens with zero attached hydrogens (tertiary/aromatic N) is 2. The first-order chi connectivity index (χ1) is 18.7. The maximum atomic E-state index is 12.5. The van der Waals surface area contributed by atoms with Crippen LogP contribution in [0.15, 0.2) is 48.5 Å². The first-order valence-corrected chi connectivity index (χ1v) is 13.4. The van der Waals surface area contributed by atoms with Crippen LogP contribution >= 0.6 is 0 Å². The van der Waals surface area contributed by atoms with Crippen molar-refractivity contribution in [2.45, 2.75) is 69.9 Å². The highest BCUT2D eigenvalue weighted by atomic mass is 16.6. The smallest absolute Gasteiger partial charge is 0.319 e. The van der Waals surface area contributed by atoms with Crippen molar-refractivity contribution < 1.29 is 19.4 Å². The molecule has 0 bridgehead atoms. The second-order valence-electron chi connectivity index (χ2n) is 10.5. The molecule has 2 saturated carbocycles. The van der Waals surface area contributed by atoms with Crippen molar-refractivity contribution in [1.82, 2.24) is 10.6 Å². The number of hydrogen-bond donors (Lipinski definition) is 4. The van der Waals surface area contributed by atoms with E-state index in [1.807, 2.05) is 0 Å². The summed E-state index contributed by atoms with van der Waals surface area (Å²) in [6, 6.07) is 11.1. The van der Waals surface area contributed by atoms with Crippen molar-refractivity contribution in [3.05, 3.63) is 68.8 Å². The normalized spacial score (nSPS) is 22.8. The minimum atomic E-state index is -0.479. The monoisotopic (exact) mass is 538 g/mol. The second kappa shape index (κ2) is 13.0. The van der Waals surface area contributed by atoms with Gasteiger partial charge in [-0.25, -0.2) is 9.59 Å². The van der Waals surface area contributed by atoms with Crippen LogP contribution < -0.4 is 21.3 Å². The van der Waals surface area contributed by atoms with Gasteiger partial charge in [-0.15, -0.1) is 0 Å². The molecule has 4 N–H and O–H groups in total. The molecule has 2 aromatic rings. The van der Waals surface area contributed by atoms with Crippen LogP contribution in [-0.4, -0.2) is 34.0 Å². The fourth-order valence-electron chi connectivity index (χ4n) is 5.69. The molecule has 0 aromatic heterocycles. The number of benzene rings is 2. The Bertz CT molecular complexity index is 1160. The van der Waals surface area contributed by atoms with Gasteiger partial charge in [-0.3, -0.25) is 20.2 Å². The summed E-state index contributed by atoms with van der Waals surface area (Å²) in [5.41, 5.74) is 0.974. The lowest BCUT2D eigenvalue weighted by Crippen LogP contribution is -2.42. The Hall–Kier alpha value is -4.22. The maximum Gasteiger partial charge on any atom is 0.319 e. The van der Waals surface area contributed by atoms with E-state index in [0.29, 0.717) is 23.2 Å². The molecular weight excluding hydrogens is 504 g/mol. The Balaban J connectivity index is 1.15. The number of nitro groups is 2. The Labute approximate surface area is 226 Å². The SMILES string of the molecule is O=C(Nc1ccc([N+](=O)[O-])cc1)NC1CCC(CC2CCCC(NC(=O)Nc3ccc([N+](=O)[O-])cc3)C2)CC1. The highest BCUT2D eigenvalue weighted by molar-refractivity contribution is 5.90. The zero-order chi connectivity index (χ0) is 27.8. The van der Waals surface area contributed by atoms with Crippen molar-refractivity contribution in [2.24, 2.45) is 11.8 Å². The molecule has 2 unspecified atom stereocenters. The summed E-state index contributed by atoms with van der Waals surface area (Å²) in [7, 11) is 0. The summed E-state index contributed by atoms with van der Waals surface area (Å²) in [6.07, 6.45) is 9.09. The number of urea groups is 2. The predicted octanol–water partition coefficient (Wildman–Crippen LogP) is 5.95. The third-order valence-corrected chi connectivity index (χ3v) is 7.64. The highest BCUT2D eigenvalue weighted by Gasteiger charge is 2.28. The largest absolute Gasteiger partial charge is 0.335 e. The van der Waals surface area contributed by atoms with E-state index < -0.39 is 9.85 Å². The molecule has 2 aliphatic rings. The topological polar surface area (TPSA) is 169 Å². The molecule has 0 aliphatic heterocycles. The van der Waals surface area contributed by atoms with Crippen molar-refractivity contribution in [3.8, 4) is 0 Å². The van der Waals surface area contributed by atoms with Gasteiger partial charge in [0, 0.05) is 47.7 Å². The van der Waals surface area contributed by atoms with Gasteiger partial charge in [-0.2, -0.15) is 0 Å². The minimum absolute atomic E-state index is 0.0218. The molecule has 0 heterocycles. The predicted molar refractivity (Wildman–Crippen MR) is 147 cm³/mol. The Morgan fingerprint density at radius 3 is 1.64 bits per heavy atom. The molecule has 2 aliphatic carbocycles. The van der Waals surface area contributed by atoms with Crippen LogP contribution in [0.5, 0.6) is 0 Å². The van der Waals surface area contributed by atoms with Crippen LogP contribution in [0.25, 0.3) is 0 Å². The molecule has 4 amide bonds. The average Bonchev–Trinajstić information content (AvgIpc) is 2.90. The van der Waals surface area contributed by atoms with E-state index in [4.69, 9.17) is 0 Å². The zero-order valence-electron chi connectivity index (χ0n) is 21.6. The number of carbonyl (C=O) groups is 2. The van der Waals surface area contributed by atoms with Gasteiger partial charge in [-0.05, 0) is 81.0 Å². The minimum Gasteiger partial charge on any atom is -0.335 e. The van der Waals surface area contributed by atoms with Gasteiger partial charge in [0.05, 0.1) is 9.85 Å². The third kappa shape index (κ3) is 8.39. The molecule has 39 heavy (non-hydrogen) atoms. The number of anilines is 2. The van der Waals surface area contributed by atoms with Crippen molar-refractivity contribution in [3.63, 3.8) is 0 Å². The number of hydrogen-bond acceptors (Lipinski definition) is 6. The van der Waals surface area contributed by atoms with Crippen molar-refractivity contribution in [1.29, 1.82) is 0 Å². The Morgan fingerprint density at radius 2 is 1.15 bits per heavy atom. The summed E-state index contributed by atoms with van der Waals surface area (Å²) < 4.78 is 0. The molecule has 0 radical (unpaired) electrons. The van der Waals surface area contributed by atoms with Crippen LogP contribution in [0, 0.1) is 32.1 Å². The van der Waals surface area contributed by atoms with Gasteiger partial charge in [0.15, 0.2) is 0 Å². The lowest BCUT2D eigenvalue weighted by Gasteiger charge is -2.35. The van der Waals surface area contributed by atoms with Crippen LogP contribution in [0.2, 0.25) is 0 Å². The number of carbonyl (C=O) groups excluding carboxylic acids is 2. The summed E-state index contributed by atoms with van der Waals surface area (Å²) in [6.45, 7) is 0. The van der Waals surface area contributed by atoms with Gasteiger partial charge in [-0.1, -0.05) is 12.8 Å². The first kappa shape index (κ1) is 27.8. The first-order valence-electron chi connectivity index (χ1n) is 13.4. The Kier molecular flexibility index (Phi) is 9.29. The van der Waals surface area contributed by atoms with Gasteiger partial charge >= 0.3 is 12.1 Å². The molecule has 0 saturated heterocycles. The fraction of sp³-hybridized carbons (Fsp3) is 0.481. The number of amides is 4. The van der Waals surface area contributed by atoms with Crippen LogP contribution in [0.4, 0.5) is 32.3 Å². The van der Waals surface area contributed by atoms with Crippen LogP contribution in [0.3, 0.4) is 0 Å². The molecule has 208 valence electrons. The zero-order valence-corrected chi connectivity index (χ0v) is 21.6. The van der Waals surface area contributed by atoms with Crippen molar-refractivity contribution >= 4 is 34.8 Å². The van der Waals surface area contributed by atoms with E-state index >= 15 is 0 Å². The average molecular weight is 539 g/mol. The summed E-state index contributed by atoms with van der Waals surface area (Å²) in [4.78, 5) is 45.4.